The second kappa shape index (κ2) is 7.89. The van der Waals surface area contributed by atoms with Crippen molar-refractivity contribution in [1.29, 1.82) is 0 Å². The SMILES string of the molecule is C=C1C(Cl)=NC(c2ccc(C3=CC=CCC3)cc2)=NC1c1cccc2ccccc12. The number of halogens is 1. The summed E-state index contributed by atoms with van der Waals surface area (Å²) in [5.74, 6) is 0.648. The van der Waals surface area contributed by atoms with Gasteiger partial charge in [-0.2, -0.15) is 0 Å². The highest BCUT2D eigenvalue weighted by Gasteiger charge is 2.25. The van der Waals surface area contributed by atoms with Crippen LogP contribution in [0.15, 0.2) is 107 Å². The van der Waals surface area contributed by atoms with Gasteiger partial charge in [-0.3, -0.25) is 4.99 Å². The predicted molar refractivity (Wildman–Crippen MR) is 128 cm³/mol. The highest BCUT2D eigenvalue weighted by Crippen LogP contribution is 2.35. The average molecular weight is 409 g/mol. The summed E-state index contributed by atoms with van der Waals surface area (Å²) < 4.78 is 0. The lowest BCUT2D eigenvalue weighted by molar-refractivity contribution is 0.887. The van der Waals surface area contributed by atoms with Gasteiger partial charge in [0.2, 0.25) is 0 Å². The van der Waals surface area contributed by atoms with Crippen LogP contribution in [-0.4, -0.2) is 11.0 Å². The van der Waals surface area contributed by atoms with E-state index in [0.717, 1.165) is 34.9 Å². The fourth-order valence-corrected chi connectivity index (χ4v) is 4.25. The smallest absolute Gasteiger partial charge is 0.157 e. The first-order chi connectivity index (χ1) is 14.7. The van der Waals surface area contributed by atoms with E-state index in [0.29, 0.717) is 11.0 Å². The molecule has 0 spiro atoms. The number of hydrogen-bond donors (Lipinski definition) is 0. The number of fused-ring (bicyclic) bond motifs is 1. The van der Waals surface area contributed by atoms with Crippen LogP contribution in [0.1, 0.15) is 35.6 Å². The van der Waals surface area contributed by atoms with Gasteiger partial charge in [0.25, 0.3) is 0 Å². The van der Waals surface area contributed by atoms with Gasteiger partial charge in [-0.15, -0.1) is 0 Å². The highest BCUT2D eigenvalue weighted by molar-refractivity contribution is 6.70. The third kappa shape index (κ3) is 3.44. The molecule has 3 aromatic rings. The summed E-state index contributed by atoms with van der Waals surface area (Å²) in [5, 5.41) is 2.76. The van der Waals surface area contributed by atoms with Gasteiger partial charge in [0.1, 0.15) is 11.2 Å². The first kappa shape index (κ1) is 18.8. The van der Waals surface area contributed by atoms with Crippen LogP contribution in [0.5, 0.6) is 0 Å². The van der Waals surface area contributed by atoms with E-state index in [4.69, 9.17) is 16.6 Å². The van der Waals surface area contributed by atoms with Crippen molar-refractivity contribution >= 4 is 39.0 Å². The van der Waals surface area contributed by atoms with Crippen molar-refractivity contribution in [2.24, 2.45) is 9.98 Å². The molecule has 0 saturated carbocycles. The Kier molecular flexibility index (Phi) is 4.94. The Labute approximate surface area is 181 Å². The summed E-state index contributed by atoms with van der Waals surface area (Å²) in [4.78, 5) is 9.50. The van der Waals surface area contributed by atoms with Crippen molar-refractivity contribution in [3.05, 3.63) is 114 Å². The molecule has 30 heavy (non-hydrogen) atoms. The Bertz CT molecular complexity index is 1250. The molecular formula is C27H21ClN2. The van der Waals surface area contributed by atoms with E-state index in [-0.39, 0.29) is 6.04 Å². The summed E-state index contributed by atoms with van der Waals surface area (Å²) in [5.41, 5.74) is 5.39. The molecule has 1 heterocycles. The summed E-state index contributed by atoms with van der Waals surface area (Å²) in [7, 11) is 0. The number of benzene rings is 3. The van der Waals surface area contributed by atoms with Crippen molar-refractivity contribution in [3.63, 3.8) is 0 Å². The van der Waals surface area contributed by atoms with Gasteiger partial charge in [0.05, 0.1) is 0 Å². The van der Waals surface area contributed by atoms with E-state index in [1.807, 2.05) is 12.1 Å². The van der Waals surface area contributed by atoms with Crippen LogP contribution in [0, 0.1) is 0 Å². The molecule has 0 saturated heterocycles. The van der Waals surface area contributed by atoms with Gasteiger partial charge >= 0.3 is 0 Å². The molecule has 0 bridgehead atoms. The fraction of sp³-hybridized carbons (Fsp3) is 0.111. The minimum Gasteiger partial charge on any atom is -0.253 e. The van der Waals surface area contributed by atoms with Crippen molar-refractivity contribution in [3.8, 4) is 0 Å². The van der Waals surface area contributed by atoms with E-state index in [2.05, 4.69) is 84.4 Å². The van der Waals surface area contributed by atoms with Crippen molar-refractivity contribution in [2.45, 2.75) is 18.9 Å². The van der Waals surface area contributed by atoms with Crippen LogP contribution >= 0.6 is 11.6 Å². The van der Waals surface area contributed by atoms with Gasteiger partial charge in [0.15, 0.2) is 5.84 Å². The lowest BCUT2D eigenvalue weighted by Crippen LogP contribution is -2.16. The summed E-state index contributed by atoms with van der Waals surface area (Å²) in [6, 6.07) is 22.8. The first-order valence-corrected chi connectivity index (χ1v) is 10.5. The third-order valence-electron chi connectivity index (χ3n) is 5.70. The van der Waals surface area contributed by atoms with Crippen LogP contribution in [0.3, 0.4) is 0 Å². The summed E-state index contributed by atoms with van der Waals surface area (Å²) in [6.45, 7) is 4.18. The zero-order valence-corrected chi connectivity index (χ0v) is 17.3. The van der Waals surface area contributed by atoms with E-state index < -0.39 is 0 Å². The lowest BCUT2D eigenvalue weighted by atomic mass is 9.93. The predicted octanol–water partition coefficient (Wildman–Crippen LogP) is 7.27. The largest absolute Gasteiger partial charge is 0.253 e. The zero-order chi connectivity index (χ0) is 20.5. The minimum atomic E-state index is -0.248. The van der Waals surface area contributed by atoms with Crippen LogP contribution in [0.2, 0.25) is 0 Å². The quantitative estimate of drug-likeness (QED) is 0.435. The number of amidine groups is 1. The molecule has 3 heteroatoms. The van der Waals surface area contributed by atoms with E-state index in [9.17, 15) is 0 Å². The molecule has 0 amide bonds. The first-order valence-electron chi connectivity index (χ1n) is 10.2. The van der Waals surface area contributed by atoms with Gasteiger partial charge in [-0.1, -0.05) is 103 Å². The molecule has 1 atom stereocenters. The molecule has 146 valence electrons. The van der Waals surface area contributed by atoms with Crippen LogP contribution in [0.25, 0.3) is 16.3 Å². The van der Waals surface area contributed by atoms with Crippen molar-refractivity contribution < 1.29 is 0 Å². The molecule has 0 aromatic heterocycles. The number of nitrogens with zero attached hydrogens (tertiary/aromatic N) is 2. The van der Waals surface area contributed by atoms with E-state index >= 15 is 0 Å². The molecule has 1 aliphatic heterocycles. The summed E-state index contributed by atoms with van der Waals surface area (Å²) in [6.07, 6.45) is 8.68. The average Bonchev–Trinajstić information content (AvgIpc) is 2.81. The molecule has 3 aromatic carbocycles. The van der Waals surface area contributed by atoms with E-state index in [1.165, 1.54) is 16.5 Å². The molecule has 2 aliphatic rings. The number of hydrogen-bond acceptors (Lipinski definition) is 2. The second-order valence-electron chi connectivity index (χ2n) is 7.59. The van der Waals surface area contributed by atoms with Crippen LogP contribution in [0.4, 0.5) is 0 Å². The van der Waals surface area contributed by atoms with Crippen molar-refractivity contribution in [1.82, 2.24) is 0 Å². The molecule has 1 unspecified atom stereocenters. The number of allylic oxidation sites excluding steroid dienone is 4. The number of rotatable bonds is 3. The second-order valence-corrected chi connectivity index (χ2v) is 7.95. The molecule has 0 N–H and O–H groups in total. The molecular weight excluding hydrogens is 388 g/mol. The Morgan fingerprint density at radius 1 is 0.900 bits per heavy atom. The standard InChI is InChI=1S/C27H21ClN2/c1-18-25(24-13-7-11-21-10-5-6-12-23(21)24)29-27(30-26(18)28)22-16-14-20(15-17-22)19-8-3-2-4-9-19/h2-3,5-8,10-17,25H,1,4,9H2. The van der Waals surface area contributed by atoms with Crippen LogP contribution in [-0.2, 0) is 0 Å². The Morgan fingerprint density at radius 2 is 1.67 bits per heavy atom. The maximum Gasteiger partial charge on any atom is 0.157 e. The maximum atomic E-state index is 6.51. The molecule has 2 nitrogen and oxygen atoms in total. The maximum absolute atomic E-state index is 6.51. The third-order valence-corrected chi connectivity index (χ3v) is 6.02. The monoisotopic (exact) mass is 408 g/mol. The lowest BCUT2D eigenvalue weighted by Gasteiger charge is -2.22. The van der Waals surface area contributed by atoms with Crippen LogP contribution < -0.4 is 0 Å². The zero-order valence-electron chi connectivity index (χ0n) is 16.6. The van der Waals surface area contributed by atoms with Gasteiger partial charge < -0.3 is 0 Å². The van der Waals surface area contributed by atoms with Crippen molar-refractivity contribution in [2.75, 3.05) is 0 Å². The molecule has 0 fully saturated rings. The minimum absolute atomic E-state index is 0.248. The Balaban J connectivity index is 1.54. The topological polar surface area (TPSA) is 24.7 Å². The Morgan fingerprint density at radius 3 is 2.47 bits per heavy atom. The normalized spacial score (nSPS) is 18.8. The number of aliphatic imine (C=N–C) groups is 2. The van der Waals surface area contributed by atoms with Gasteiger partial charge in [-0.05, 0) is 40.3 Å². The highest BCUT2D eigenvalue weighted by atomic mass is 35.5. The van der Waals surface area contributed by atoms with E-state index in [1.54, 1.807) is 0 Å². The Hall–Kier alpha value is -3.23. The molecule has 0 radical (unpaired) electrons. The van der Waals surface area contributed by atoms with Gasteiger partial charge in [-0.25, -0.2) is 4.99 Å². The molecule has 5 rings (SSSR count). The summed E-state index contributed by atoms with van der Waals surface area (Å²) >= 11 is 6.51. The fourth-order valence-electron chi connectivity index (χ4n) is 4.07. The van der Waals surface area contributed by atoms with Gasteiger partial charge in [0, 0.05) is 11.1 Å². The molecule has 1 aliphatic carbocycles.